The van der Waals surface area contributed by atoms with Crippen molar-refractivity contribution in [3.63, 3.8) is 0 Å². The Morgan fingerprint density at radius 1 is 0.721 bits per heavy atom. The van der Waals surface area contributed by atoms with Gasteiger partial charge < -0.3 is 34.2 Å². The van der Waals surface area contributed by atoms with Gasteiger partial charge in [0, 0.05) is 27.2 Å². The van der Waals surface area contributed by atoms with Crippen molar-refractivity contribution < 1.29 is 43.6 Å². The predicted octanol–water partition coefficient (Wildman–Crippen LogP) is 5.94. The first-order valence-electron chi connectivity index (χ1n) is 13.6. The molecule has 0 radical (unpaired) electrons. The number of ether oxygens (including phenoxy) is 3. The molecule has 11 heteroatoms. The van der Waals surface area contributed by atoms with Gasteiger partial charge in [-0.2, -0.15) is 0 Å². The summed E-state index contributed by atoms with van der Waals surface area (Å²) in [4.78, 5) is 49.8. The molecule has 0 bridgehead atoms. The van der Waals surface area contributed by atoms with Gasteiger partial charge in [-0.3, -0.25) is 0 Å². The van der Waals surface area contributed by atoms with Crippen LogP contribution in [-0.2, 0) is 4.74 Å². The fourth-order valence-electron chi connectivity index (χ4n) is 3.42. The van der Waals surface area contributed by atoms with E-state index in [4.69, 9.17) is 14.2 Å². The number of rotatable bonds is 9. The van der Waals surface area contributed by atoms with Crippen molar-refractivity contribution in [3.8, 4) is 11.5 Å². The molecule has 3 rings (SSSR count). The average molecular weight is 595 g/mol. The third-order valence-electron chi connectivity index (χ3n) is 6.31. The molecule has 0 saturated carbocycles. The summed E-state index contributed by atoms with van der Waals surface area (Å²) in [6, 6.07) is 19.3. The van der Waals surface area contributed by atoms with Crippen molar-refractivity contribution in [1.29, 1.82) is 0 Å². The second-order valence-electron chi connectivity index (χ2n) is 9.48. The van der Waals surface area contributed by atoms with Crippen LogP contribution in [0.1, 0.15) is 71.7 Å². The Morgan fingerprint density at radius 2 is 1.19 bits per heavy atom. The lowest BCUT2D eigenvalue weighted by atomic mass is 10.1. The van der Waals surface area contributed by atoms with Gasteiger partial charge in [0.2, 0.25) is 0 Å². The Kier molecular flexibility index (Phi) is 13.2. The van der Waals surface area contributed by atoms with Crippen LogP contribution < -0.4 is 9.47 Å². The van der Waals surface area contributed by atoms with Crippen molar-refractivity contribution >= 4 is 24.1 Å². The number of esters is 1. The van der Waals surface area contributed by atoms with E-state index >= 15 is 0 Å². The largest absolute Gasteiger partial charge is 0.478 e. The smallest absolute Gasteiger partial charge is 0.414 e. The van der Waals surface area contributed by atoms with Crippen LogP contribution in [0.5, 0.6) is 11.5 Å². The van der Waals surface area contributed by atoms with Gasteiger partial charge in [0.15, 0.2) is 0 Å². The minimum Gasteiger partial charge on any atom is -0.478 e. The molecule has 0 fully saturated rings. The standard InChI is InChI=1S/C20H21NO6.C12H17NO3/c1-4-21(3)20(25)27-15-9-7-8-14(12-15)13(2)26-19(24)17-11-6-5-10-16(17)18(22)23;1-4-13(3)12(15)16-11-7-5-6-10(8-11)9(2)14/h5-13H,4H2,1-3H3,(H,22,23);5-9,14H,4H2,1-3H3. The lowest BCUT2D eigenvalue weighted by molar-refractivity contribution is 0.0331. The summed E-state index contributed by atoms with van der Waals surface area (Å²) < 4.78 is 15.8. The van der Waals surface area contributed by atoms with Crippen LogP contribution in [0.25, 0.3) is 0 Å². The quantitative estimate of drug-likeness (QED) is 0.288. The minimum absolute atomic E-state index is 0.0241. The number of nitrogens with zero attached hydrogens (tertiary/aromatic N) is 2. The Hall–Kier alpha value is -4.90. The van der Waals surface area contributed by atoms with Crippen molar-refractivity contribution in [2.45, 2.75) is 39.9 Å². The van der Waals surface area contributed by atoms with Crippen LogP contribution in [0, 0.1) is 0 Å². The molecule has 0 heterocycles. The van der Waals surface area contributed by atoms with E-state index in [1.165, 1.54) is 28.0 Å². The van der Waals surface area contributed by atoms with Gasteiger partial charge >= 0.3 is 24.1 Å². The van der Waals surface area contributed by atoms with Crippen LogP contribution in [0.3, 0.4) is 0 Å². The number of aromatic carboxylic acids is 1. The first kappa shape index (κ1) is 34.3. The SMILES string of the molecule is CCN(C)C(=O)Oc1cccc(C(C)O)c1.CCN(C)C(=O)Oc1cccc(C(C)OC(=O)c2ccccc2C(=O)O)c1. The van der Waals surface area contributed by atoms with E-state index in [-0.39, 0.29) is 11.1 Å². The van der Waals surface area contributed by atoms with Crippen molar-refractivity contribution in [1.82, 2.24) is 9.80 Å². The molecule has 2 amide bonds. The minimum atomic E-state index is -1.20. The number of carboxylic acid groups (broad SMARTS) is 1. The van der Waals surface area contributed by atoms with Gasteiger partial charge in [0.05, 0.1) is 17.2 Å². The van der Waals surface area contributed by atoms with E-state index < -0.39 is 36.3 Å². The maximum Gasteiger partial charge on any atom is 0.414 e. The van der Waals surface area contributed by atoms with Crippen LogP contribution in [0.4, 0.5) is 9.59 Å². The van der Waals surface area contributed by atoms with Crippen LogP contribution in [0.15, 0.2) is 72.8 Å². The number of hydrogen-bond donors (Lipinski definition) is 2. The molecule has 0 aromatic heterocycles. The number of carbonyl (C=O) groups is 4. The van der Waals surface area contributed by atoms with Crippen LogP contribution in [-0.4, -0.2) is 71.3 Å². The molecule has 0 spiro atoms. The fourth-order valence-corrected chi connectivity index (χ4v) is 3.42. The molecule has 0 aliphatic rings. The first-order chi connectivity index (χ1) is 20.4. The zero-order valence-corrected chi connectivity index (χ0v) is 25.1. The van der Waals surface area contributed by atoms with Crippen LogP contribution in [0.2, 0.25) is 0 Å². The second-order valence-corrected chi connectivity index (χ2v) is 9.48. The van der Waals surface area contributed by atoms with E-state index in [1.807, 2.05) is 13.8 Å². The second kappa shape index (κ2) is 16.5. The number of aliphatic hydroxyl groups excluding tert-OH is 1. The van der Waals surface area contributed by atoms with Gasteiger partial charge in [-0.15, -0.1) is 0 Å². The highest BCUT2D eigenvalue weighted by Gasteiger charge is 2.20. The summed E-state index contributed by atoms with van der Waals surface area (Å²) in [5, 5.41) is 18.6. The van der Waals surface area contributed by atoms with E-state index in [0.717, 1.165) is 5.56 Å². The van der Waals surface area contributed by atoms with Crippen molar-refractivity contribution in [2.75, 3.05) is 27.2 Å². The highest BCUT2D eigenvalue weighted by molar-refractivity contribution is 6.02. The van der Waals surface area contributed by atoms with Crippen molar-refractivity contribution in [2.24, 2.45) is 0 Å². The molecule has 0 aliphatic heterocycles. The number of amides is 2. The monoisotopic (exact) mass is 594 g/mol. The van der Waals surface area contributed by atoms with E-state index in [9.17, 15) is 29.4 Å². The summed E-state index contributed by atoms with van der Waals surface area (Å²) in [6.45, 7) is 8.12. The first-order valence-corrected chi connectivity index (χ1v) is 13.6. The molecule has 43 heavy (non-hydrogen) atoms. The number of aliphatic hydroxyl groups is 1. The molecule has 11 nitrogen and oxygen atoms in total. The average Bonchev–Trinajstić information content (AvgIpc) is 3.00. The molecular weight excluding hydrogens is 556 g/mol. The van der Waals surface area contributed by atoms with Gasteiger partial charge in [-0.1, -0.05) is 36.4 Å². The maximum absolute atomic E-state index is 12.4. The maximum atomic E-state index is 12.4. The molecule has 0 aliphatic carbocycles. The third-order valence-corrected chi connectivity index (χ3v) is 6.31. The summed E-state index contributed by atoms with van der Waals surface area (Å²) in [5.74, 6) is -1.17. The lowest BCUT2D eigenvalue weighted by Crippen LogP contribution is -2.29. The Bertz CT molecular complexity index is 1410. The highest BCUT2D eigenvalue weighted by atomic mass is 16.6. The molecule has 3 aromatic carbocycles. The van der Waals surface area contributed by atoms with Gasteiger partial charge in [-0.05, 0) is 75.2 Å². The third kappa shape index (κ3) is 10.5. The normalized spacial score (nSPS) is 11.6. The van der Waals surface area contributed by atoms with E-state index in [1.54, 1.807) is 82.5 Å². The summed E-state index contributed by atoms with van der Waals surface area (Å²) >= 11 is 0. The van der Waals surface area contributed by atoms with Gasteiger partial charge in [0.25, 0.3) is 0 Å². The Morgan fingerprint density at radius 3 is 1.65 bits per heavy atom. The number of carboxylic acids is 1. The summed E-state index contributed by atoms with van der Waals surface area (Å²) in [7, 11) is 3.29. The van der Waals surface area contributed by atoms with Gasteiger partial charge in [0.1, 0.15) is 17.6 Å². The number of carbonyl (C=O) groups excluding carboxylic acids is 3. The van der Waals surface area contributed by atoms with Crippen molar-refractivity contribution in [3.05, 3.63) is 95.1 Å². The van der Waals surface area contributed by atoms with E-state index in [2.05, 4.69) is 0 Å². The summed E-state index contributed by atoms with van der Waals surface area (Å²) in [5.41, 5.74) is 1.19. The summed E-state index contributed by atoms with van der Waals surface area (Å²) in [6.07, 6.45) is -2.12. The molecule has 2 N–H and O–H groups in total. The topological polar surface area (TPSA) is 143 Å². The zero-order valence-electron chi connectivity index (χ0n) is 25.1. The molecule has 0 saturated heterocycles. The molecule has 2 atom stereocenters. The predicted molar refractivity (Wildman–Crippen MR) is 159 cm³/mol. The lowest BCUT2D eigenvalue weighted by Gasteiger charge is -2.17. The van der Waals surface area contributed by atoms with E-state index in [0.29, 0.717) is 30.2 Å². The molecular formula is C32H38N2O9. The number of hydrogen-bond acceptors (Lipinski definition) is 8. The highest BCUT2D eigenvalue weighted by Crippen LogP contribution is 2.24. The Labute approximate surface area is 251 Å². The van der Waals surface area contributed by atoms with Crippen LogP contribution >= 0.6 is 0 Å². The zero-order chi connectivity index (χ0) is 32.1. The van der Waals surface area contributed by atoms with Gasteiger partial charge in [-0.25, -0.2) is 19.2 Å². The molecule has 3 aromatic rings. The fraction of sp³-hybridized carbons (Fsp3) is 0.312. The molecule has 230 valence electrons. The Balaban J connectivity index is 0.000000344. The molecule has 2 unspecified atom stereocenters. The number of benzene rings is 3.